The van der Waals surface area contributed by atoms with Crippen LogP contribution in [-0.2, 0) is 0 Å². The van der Waals surface area contributed by atoms with Crippen molar-refractivity contribution in [3.05, 3.63) is 37.7 Å². The second-order valence-corrected chi connectivity index (χ2v) is 5.26. The summed E-state index contributed by atoms with van der Waals surface area (Å²) in [5.74, 6) is 0.775. The van der Waals surface area contributed by atoms with Crippen LogP contribution in [0.25, 0.3) is 0 Å². The average Bonchev–Trinajstić information content (AvgIpc) is 2.48. The zero-order valence-corrected chi connectivity index (χ0v) is 8.80. The smallest absolute Gasteiger partial charge is 0.270 e. The summed E-state index contributed by atoms with van der Waals surface area (Å²) in [6.07, 6.45) is 2.07. The van der Waals surface area contributed by atoms with Gasteiger partial charge in [0.15, 0.2) is 0 Å². The van der Waals surface area contributed by atoms with Crippen molar-refractivity contribution in [1.82, 2.24) is 0 Å². The Hall–Kier alpha value is -1.23. The van der Waals surface area contributed by atoms with E-state index in [4.69, 9.17) is 0 Å². The molecule has 0 bridgehead atoms. The van der Waals surface area contributed by atoms with E-state index in [0.717, 1.165) is 21.3 Å². The Kier molecular flexibility index (Phi) is 2.11. The minimum absolute atomic E-state index is 0.0440. The summed E-state index contributed by atoms with van der Waals surface area (Å²) in [4.78, 5) is 14.7. The normalized spacial score (nSPS) is 18.9. The van der Waals surface area contributed by atoms with Crippen molar-refractivity contribution in [2.45, 2.75) is 6.92 Å². The molecule has 0 saturated carbocycles. The van der Waals surface area contributed by atoms with Crippen LogP contribution in [0.5, 0.6) is 0 Å². The highest BCUT2D eigenvalue weighted by Gasteiger charge is 2.11. The first-order valence-corrected chi connectivity index (χ1v) is 5.99. The first kappa shape index (κ1) is 9.33. The second kappa shape index (κ2) is 3.16. The van der Waals surface area contributed by atoms with Crippen molar-refractivity contribution in [3.8, 4) is 0 Å². The maximum absolute atomic E-state index is 10.6. The van der Waals surface area contributed by atoms with E-state index < -0.39 is 0 Å². The maximum atomic E-state index is 10.6. The van der Waals surface area contributed by atoms with Crippen molar-refractivity contribution in [3.63, 3.8) is 0 Å². The molecule has 14 heavy (non-hydrogen) atoms. The van der Waals surface area contributed by atoms with Gasteiger partial charge in [-0.15, -0.1) is 0 Å². The van der Waals surface area contributed by atoms with Crippen molar-refractivity contribution < 1.29 is 4.92 Å². The highest BCUT2D eigenvalue weighted by Crippen LogP contribution is 2.20. The summed E-state index contributed by atoms with van der Waals surface area (Å²) in [6.45, 7) is 1.87. The van der Waals surface area contributed by atoms with Gasteiger partial charge in [-0.25, -0.2) is 0 Å². The summed E-state index contributed by atoms with van der Waals surface area (Å²) in [6, 6.07) is 3.24. The zero-order valence-electron chi connectivity index (χ0n) is 7.98. The quantitative estimate of drug-likeness (QED) is 0.402. The number of rotatable bonds is 1. The molecule has 5 heteroatoms. The summed E-state index contributed by atoms with van der Waals surface area (Å²) in [7, 11) is 0.0440. The van der Waals surface area contributed by atoms with Gasteiger partial charge in [0.2, 0.25) is 0 Å². The van der Waals surface area contributed by atoms with E-state index in [-0.39, 0.29) is 21.1 Å². The lowest BCUT2D eigenvalue weighted by molar-refractivity contribution is -0.385. The topological polar surface area (TPSA) is 55.5 Å². The van der Waals surface area contributed by atoms with Crippen molar-refractivity contribution in [2.75, 3.05) is 12.1 Å². The van der Waals surface area contributed by atoms with Crippen LogP contribution in [0.15, 0.2) is 17.1 Å². The number of fused-ring (bicyclic) bond motifs is 1. The van der Waals surface area contributed by atoms with Gasteiger partial charge >= 0.3 is 0 Å². The molecule has 1 aliphatic rings. The molecule has 0 N–H and O–H groups in total. The number of nitro benzene ring substituents is 1. The molecule has 0 aliphatic carbocycles. The fourth-order valence-corrected chi connectivity index (χ4v) is 2.87. The molecule has 0 aromatic heterocycles. The molecule has 4 nitrogen and oxygen atoms in total. The molecule has 1 aliphatic heterocycles. The summed E-state index contributed by atoms with van der Waals surface area (Å²) in [5, 5.41) is 11.6. The van der Waals surface area contributed by atoms with Gasteiger partial charge in [-0.05, 0) is 18.7 Å². The molecule has 0 amide bonds. The fourth-order valence-electron chi connectivity index (χ4n) is 1.53. The van der Waals surface area contributed by atoms with E-state index in [1.165, 1.54) is 0 Å². The number of nitrogens with zero attached hydrogens (tertiary/aromatic N) is 2. The molecule has 1 aromatic rings. The average molecular weight is 210 g/mol. The van der Waals surface area contributed by atoms with Gasteiger partial charge in [0.05, 0.1) is 16.2 Å². The molecule has 0 saturated heterocycles. The molecular formula is C9H10N2O2S. The summed E-state index contributed by atoms with van der Waals surface area (Å²) >= 11 is 0. The first-order chi connectivity index (χ1) is 6.59. The Bertz CT molecular complexity index is 536. The third kappa shape index (κ3) is 1.33. The Morgan fingerprint density at radius 2 is 2.29 bits per heavy atom. The second-order valence-electron chi connectivity index (χ2n) is 3.29. The van der Waals surface area contributed by atoms with Crippen molar-refractivity contribution in [2.24, 2.45) is 4.99 Å². The van der Waals surface area contributed by atoms with E-state index in [1.807, 2.05) is 6.92 Å². The van der Waals surface area contributed by atoms with Gasteiger partial charge in [-0.1, -0.05) is 0 Å². The minimum Gasteiger partial charge on any atom is -0.274 e. The highest BCUT2D eigenvalue weighted by molar-refractivity contribution is 8.08. The number of nitro groups is 1. The molecular weight excluding hydrogens is 200 g/mol. The lowest BCUT2D eigenvalue weighted by atomic mass is 10.2. The third-order valence-corrected chi connectivity index (χ3v) is 3.83. The van der Waals surface area contributed by atoms with Crippen molar-refractivity contribution >= 4 is 16.2 Å². The summed E-state index contributed by atoms with van der Waals surface area (Å²) < 4.78 is 1.04. The van der Waals surface area contributed by atoms with Gasteiger partial charge < -0.3 is 0 Å². The van der Waals surface area contributed by atoms with Crippen molar-refractivity contribution in [1.29, 1.82) is 0 Å². The SMILES string of the molecule is Cc1cc([N+](=O)[O-])cc2c1=NCS=2C. The monoisotopic (exact) mass is 210 g/mol. The molecule has 1 unspecified atom stereocenters. The number of aryl methyl sites for hydroxylation is 1. The number of benzene rings is 1. The fraction of sp³-hybridized carbons (Fsp3) is 0.333. The van der Waals surface area contributed by atoms with Crippen LogP contribution in [0.2, 0.25) is 0 Å². The minimum atomic E-state index is -0.344. The van der Waals surface area contributed by atoms with Crippen LogP contribution in [-0.4, -0.2) is 17.1 Å². The zero-order chi connectivity index (χ0) is 10.3. The number of hydrogen-bond acceptors (Lipinski definition) is 3. The molecule has 1 heterocycles. The Balaban J connectivity index is 2.85. The molecule has 74 valence electrons. The number of hydrogen-bond donors (Lipinski definition) is 0. The molecule has 0 fully saturated rings. The molecule has 0 spiro atoms. The molecule has 2 rings (SSSR count). The largest absolute Gasteiger partial charge is 0.274 e. The van der Waals surface area contributed by atoms with E-state index in [0.29, 0.717) is 0 Å². The Morgan fingerprint density at radius 1 is 1.57 bits per heavy atom. The van der Waals surface area contributed by atoms with Crippen LogP contribution >= 0.6 is 10.5 Å². The lowest BCUT2D eigenvalue weighted by Crippen LogP contribution is -2.06. The van der Waals surface area contributed by atoms with Gasteiger partial charge in [0, 0.05) is 16.6 Å². The van der Waals surface area contributed by atoms with Crippen LogP contribution in [0.1, 0.15) is 5.56 Å². The lowest BCUT2D eigenvalue weighted by Gasteiger charge is -1.94. The molecule has 0 radical (unpaired) electrons. The van der Waals surface area contributed by atoms with Gasteiger partial charge in [-0.2, -0.15) is 10.5 Å². The summed E-state index contributed by atoms with van der Waals surface area (Å²) in [5.41, 5.74) is 1.09. The van der Waals surface area contributed by atoms with Gasteiger partial charge in [-0.3, -0.25) is 15.1 Å². The standard InChI is InChI=1S/C9H10N2O2S/c1-6-3-7(11(12)13)4-8-9(6)10-5-14(8)2/h3-4H,5H2,1-2H3. The van der Waals surface area contributed by atoms with Crippen LogP contribution in [0, 0.1) is 21.5 Å². The van der Waals surface area contributed by atoms with E-state index in [2.05, 4.69) is 11.2 Å². The Labute approximate surface area is 83.4 Å². The van der Waals surface area contributed by atoms with Crippen LogP contribution < -0.4 is 5.36 Å². The van der Waals surface area contributed by atoms with E-state index in [9.17, 15) is 10.1 Å². The molecule has 1 atom stereocenters. The predicted molar refractivity (Wildman–Crippen MR) is 56.2 cm³/mol. The highest BCUT2D eigenvalue weighted by atomic mass is 32.2. The van der Waals surface area contributed by atoms with Gasteiger partial charge in [0.1, 0.15) is 0 Å². The maximum Gasteiger partial charge on any atom is 0.270 e. The van der Waals surface area contributed by atoms with Crippen LogP contribution in [0.3, 0.4) is 0 Å². The first-order valence-electron chi connectivity index (χ1n) is 4.18. The number of non-ortho nitro benzene ring substituents is 1. The predicted octanol–water partition coefficient (Wildman–Crippen LogP) is 1.64. The van der Waals surface area contributed by atoms with E-state index in [1.54, 1.807) is 12.1 Å². The van der Waals surface area contributed by atoms with E-state index >= 15 is 0 Å². The van der Waals surface area contributed by atoms with Crippen LogP contribution in [0.4, 0.5) is 5.69 Å². The molecule has 1 aromatic carbocycles. The van der Waals surface area contributed by atoms with Gasteiger partial charge in [0.25, 0.3) is 5.69 Å². The Morgan fingerprint density at radius 3 is 2.93 bits per heavy atom. The third-order valence-electron chi connectivity index (χ3n) is 2.25.